The molecule has 8 heteroatoms. The molecule has 1 fully saturated rings. The van der Waals surface area contributed by atoms with Gasteiger partial charge < -0.3 is 11.1 Å². The predicted octanol–water partition coefficient (Wildman–Crippen LogP) is 3.07. The minimum atomic E-state index is -3.78. The van der Waals surface area contributed by atoms with Crippen LogP contribution in [-0.2, 0) is 10.0 Å². The van der Waals surface area contributed by atoms with E-state index in [1.165, 1.54) is 12.1 Å². The molecule has 1 aliphatic carbocycles. The van der Waals surface area contributed by atoms with Crippen LogP contribution in [0.1, 0.15) is 35.2 Å². The maximum absolute atomic E-state index is 12.7. The third-order valence-corrected chi connectivity index (χ3v) is 6.33. The van der Waals surface area contributed by atoms with Gasteiger partial charge in [-0.25, -0.2) is 8.42 Å². The zero-order valence-corrected chi connectivity index (χ0v) is 17.4. The standard InChI is InChI=1S/C20H25N3O3S.ClH/c1-14-5-2-8-17(11-14)23-27(25,26)18-9-3-6-15(12-18)20(24)22-19-10-4-7-16(19)13-21;/h2-3,5-6,8-9,11-12,16,19,23H,4,7,10,13,21H2,1H3,(H,22,24);1H. The number of halogens is 1. The van der Waals surface area contributed by atoms with Crippen molar-refractivity contribution in [3.8, 4) is 0 Å². The van der Waals surface area contributed by atoms with Crippen LogP contribution in [0.2, 0.25) is 0 Å². The van der Waals surface area contributed by atoms with Gasteiger partial charge in [-0.2, -0.15) is 0 Å². The highest BCUT2D eigenvalue weighted by molar-refractivity contribution is 7.92. The Kier molecular flexibility index (Phi) is 7.46. The molecule has 0 heterocycles. The molecule has 0 bridgehead atoms. The first-order valence-corrected chi connectivity index (χ1v) is 10.6. The van der Waals surface area contributed by atoms with Gasteiger partial charge >= 0.3 is 0 Å². The predicted molar refractivity (Wildman–Crippen MR) is 113 cm³/mol. The minimum Gasteiger partial charge on any atom is -0.349 e. The van der Waals surface area contributed by atoms with Crippen LogP contribution in [-0.4, -0.2) is 26.9 Å². The van der Waals surface area contributed by atoms with Gasteiger partial charge in [-0.3, -0.25) is 9.52 Å². The number of amides is 1. The van der Waals surface area contributed by atoms with E-state index in [9.17, 15) is 13.2 Å². The zero-order chi connectivity index (χ0) is 19.4. The first-order valence-electron chi connectivity index (χ1n) is 9.09. The number of aryl methyl sites for hydroxylation is 1. The Morgan fingerprint density at radius 3 is 2.61 bits per heavy atom. The summed E-state index contributed by atoms with van der Waals surface area (Å²) in [6.07, 6.45) is 2.96. The summed E-state index contributed by atoms with van der Waals surface area (Å²) in [5, 5.41) is 3.00. The average Bonchev–Trinajstić information content (AvgIpc) is 3.08. The van der Waals surface area contributed by atoms with Gasteiger partial charge in [-0.05, 0) is 68.1 Å². The number of nitrogens with one attached hydrogen (secondary N) is 2. The fourth-order valence-electron chi connectivity index (χ4n) is 3.49. The van der Waals surface area contributed by atoms with E-state index in [2.05, 4.69) is 10.0 Å². The molecule has 0 aromatic heterocycles. The summed E-state index contributed by atoms with van der Waals surface area (Å²) in [7, 11) is -3.78. The van der Waals surface area contributed by atoms with Crippen molar-refractivity contribution in [2.24, 2.45) is 11.7 Å². The number of hydrogen-bond acceptors (Lipinski definition) is 4. The average molecular weight is 424 g/mol. The fraction of sp³-hybridized carbons (Fsp3) is 0.350. The number of sulfonamides is 1. The smallest absolute Gasteiger partial charge is 0.261 e. The lowest BCUT2D eigenvalue weighted by Gasteiger charge is -2.19. The number of benzene rings is 2. The van der Waals surface area contributed by atoms with Crippen molar-refractivity contribution in [1.29, 1.82) is 0 Å². The molecule has 0 radical (unpaired) electrons. The molecule has 1 amide bonds. The third-order valence-electron chi connectivity index (χ3n) is 4.96. The van der Waals surface area contributed by atoms with Crippen LogP contribution in [0.3, 0.4) is 0 Å². The second kappa shape index (κ2) is 9.41. The summed E-state index contributed by atoms with van der Waals surface area (Å²) in [4.78, 5) is 12.6. The second-order valence-corrected chi connectivity index (χ2v) is 8.69. The minimum absolute atomic E-state index is 0. The first-order chi connectivity index (χ1) is 12.9. The highest BCUT2D eigenvalue weighted by Crippen LogP contribution is 2.25. The van der Waals surface area contributed by atoms with E-state index in [1.54, 1.807) is 30.3 Å². The maximum atomic E-state index is 12.7. The van der Waals surface area contributed by atoms with Crippen molar-refractivity contribution in [2.75, 3.05) is 11.3 Å². The molecule has 3 rings (SSSR count). The summed E-state index contributed by atoms with van der Waals surface area (Å²) in [6.45, 7) is 2.43. The van der Waals surface area contributed by atoms with Crippen molar-refractivity contribution in [3.05, 3.63) is 59.7 Å². The molecule has 6 nitrogen and oxygen atoms in total. The van der Waals surface area contributed by atoms with Crippen LogP contribution in [0.25, 0.3) is 0 Å². The monoisotopic (exact) mass is 423 g/mol. The van der Waals surface area contributed by atoms with Crippen LogP contribution in [0, 0.1) is 12.8 Å². The molecule has 0 saturated heterocycles. The Hall–Kier alpha value is -2.09. The van der Waals surface area contributed by atoms with Crippen molar-refractivity contribution in [1.82, 2.24) is 5.32 Å². The normalized spacial score (nSPS) is 18.9. The van der Waals surface area contributed by atoms with Gasteiger partial charge in [-0.15, -0.1) is 12.4 Å². The van der Waals surface area contributed by atoms with Crippen LogP contribution >= 0.6 is 12.4 Å². The van der Waals surface area contributed by atoms with E-state index in [0.29, 0.717) is 17.8 Å². The summed E-state index contributed by atoms with van der Waals surface area (Å²) in [5.74, 6) is 0.0109. The lowest BCUT2D eigenvalue weighted by Crippen LogP contribution is -2.39. The highest BCUT2D eigenvalue weighted by atomic mass is 35.5. The summed E-state index contributed by atoms with van der Waals surface area (Å²) < 4.78 is 27.9. The Bertz CT molecular complexity index is 934. The molecule has 0 spiro atoms. The molecule has 1 aliphatic rings. The molecule has 152 valence electrons. The molecule has 2 atom stereocenters. The molecule has 1 saturated carbocycles. The SMILES string of the molecule is Cc1cccc(NS(=O)(=O)c2cccc(C(=O)NC3CCCC3CN)c2)c1.Cl. The lowest BCUT2D eigenvalue weighted by molar-refractivity contribution is 0.0928. The largest absolute Gasteiger partial charge is 0.349 e. The lowest BCUT2D eigenvalue weighted by atomic mass is 10.0. The fourth-order valence-corrected chi connectivity index (χ4v) is 4.58. The number of carbonyl (C=O) groups is 1. The quantitative estimate of drug-likeness (QED) is 0.664. The second-order valence-electron chi connectivity index (χ2n) is 7.01. The van der Waals surface area contributed by atoms with Crippen LogP contribution in [0.4, 0.5) is 5.69 Å². The summed E-state index contributed by atoms with van der Waals surface area (Å²) in [5.41, 5.74) is 7.53. The summed E-state index contributed by atoms with van der Waals surface area (Å²) in [6, 6.07) is 13.2. The van der Waals surface area contributed by atoms with Crippen LogP contribution in [0.15, 0.2) is 53.4 Å². The third kappa shape index (κ3) is 5.25. The molecule has 2 aromatic rings. The number of nitrogens with two attached hydrogens (primary N) is 1. The van der Waals surface area contributed by atoms with Crippen LogP contribution < -0.4 is 15.8 Å². The van der Waals surface area contributed by atoms with Crippen molar-refractivity contribution < 1.29 is 13.2 Å². The van der Waals surface area contributed by atoms with Gasteiger partial charge in [0.1, 0.15) is 0 Å². The van der Waals surface area contributed by atoms with Gasteiger partial charge in [0.15, 0.2) is 0 Å². The van der Waals surface area contributed by atoms with E-state index in [0.717, 1.165) is 24.8 Å². The molecule has 28 heavy (non-hydrogen) atoms. The van der Waals surface area contributed by atoms with Gasteiger partial charge in [0.05, 0.1) is 4.90 Å². The molecule has 0 aliphatic heterocycles. The van der Waals surface area contributed by atoms with Crippen molar-refractivity contribution in [3.63, 3.8) is 0 Å². The number of carbonyl (C=O) groups excluding carboxylic acids is 1. The van der Waals surface area contributed by atoms with Crippen molar-refractivity contribution >= 4 is 34.0 Å². The van der Waals surface area contributed by atoms with E-state index >= 15 is 0 Å². The van der Waals surface area contributed by atoms with E-state index in [1.807, 2.05) is 13.0 Å². The van der Waals surface area contributed by atoms with E-state index in [-0.39, 0.29) is 35.2 Å². The highest BCUT2D eigenvalue weighted by Gasteiger charge is 2.28. The van der Waals surface area contributed by atoms with E-state index < -0.39 is 10.0 Å². The topological polar surface area (TPSA) is 101 Å². The molecule has 4 N–H and O–H groups in total. The van der Waals surface area contributed by atoms with Crippen LogP contribution in [0.5, 0.6) is 0 Å². The Labute approximate surface area is 172 Å². The maximum Gasteiger partial charge on any atom is 0.261 e. The number of rotatable bonds is 6. The van der Waals surface area contributed by atoms with Crippen molar-refractivity contribution in [2.45, 2.75) is 37.1 Å². The Balaban J connectivity index is 0.00000280. The summed E-state index contributed by atoms with van der Waals surface area (Å²) >= 11 is 0. The molecular formula is C20H26ClN3O3S. The van der Waals surface area contributed by atoms with E-state index in [4.69, 9.17) is 5.73 Å². The van der Waals surface area contributed by atoms with Gasteiger partial charge in [-0.1, -0.05) is 24.6 Å². The van der Waals surface area contributed by atoms with Gasteiger partial charge in [0, 0.05) is 17.3 Å². The molecule has 2 aromatic carbocycles. The molecule has 2 unspecified atom stereocenters. The van der Waals surface area contributed by atoms with Gasteiger partial charge in [0.25, 0.3) is 15.9 Å². The Morgan fingerprint density at radius 1 is 1.14 bits per heavy atom. The Morgan fingerprint density at radius 2 is 1.89 bits per heavy atom. The number of anilines is 1. The zero-order valence-electron chi connectivity index (χ0n) is 15.7. The first kappa shape index (κ1) is 22.2. The number of hydrogen-bond donors (Lipinski definition) is 3. The van der Waals surface area contributed by atoms with Gasteiger partial charge in [0.2, 0.25) is 0 Å². The molecular weight excluding hydrogens is 398 g/mol.